The number of unbranched alkanes of at least 4 members (excludes halogenated alkanes) is 10. The molecule has 176 valence electrons. The molecule has 0 heterocycles. The molecule has 0 aromatic heterocycles. The van der Waals surface area contributed by atoms with E-state index >= 15 is 0 Å². The van der Waals surface area contributed by atoms with Crippen LogP contribution in [0.5, 0.6) is 23.0 Å². The fourth-order valence-corrected chi connectivity index (χ4v) is 4.09. The highest BCUT2D eigenvalue weighted by Crippen LogP contribution is 2.23. The Morgan fingerprint density at radius 1 is 0.406 bits per heavy atom. The molecule has 4 heteroatoms. The lowest BCUT2D eigenvalue weighted by molar-refractivity contribution is 0.448. The molecule has 4 nitrogen and oxygen atoms in total. The van der Waals surface area contributed by atoms with E-state index in [1.807, 2.05) is 0 Å². The van der Waals surface area contributed by atoms with Crippen LogP contribution in [0.25, 0.3) is 0 Å². The zero-order chi connectivity index (χ0) is 23.0. The minimum absolute atomic E-state index is 0.127. The second kappa shape index (κ2) is 15.2. The second-order valence-corrected chi connectivity index (χ2v) is 8.80. The highest BCUT2D eigenvalue weighted by Gasteiger charge is 2.00. The lowest BCUT2D eigenvalue weighted by Crippen LogP contribution is -1.87. The van der Waals surface area contributed by atoms with Gasteiger partial charge >= 0.3 is 0 Å². The van der Waals surface area contributed by atoms with Crippen molar-refractivity contribution in [1.82, 2.24) is 0 Å². The van der Waals surface area contributed by atoms with E-state index in [1.165, 1.54) is 63.5 Å². The number of aromatic hydroxyl groups is 4. The van der Waals surface area contributed by atoms with E-state index in [9.17, 15) is 20.4 Å². The third-order valence-electron chi connectivity index (χ3n) is 5.76. The number of benzene rings is 2. The Kier molecular flexibility index (Phi) is 12.2. The van der Waals surface area contributed by atoms with Gasteiger partial charge in [-0.2, -0.15) is 0 Å². The van der Waals surface area contributed by atoms with E-state index < -0.39 is 0 Å². The molecule has 2 aromatic rings. The van der Waals surface area contributed by atoms with Gasteiger partial charge in [-0.15, -0.1) is 0 Å². The van der Waals surface area contributed by atoms with Crippen molar-refractivity contribution in [3.63, 3.8) is 0 Å². The van der Waals surface area contributed by atoms with Gasteiger partial charge in [0.2, 0.25) is 0 Å². The summed E-state index contributed by atoms with van der Waals surface area (Å²) in [6.07, 6.45) is 20.9. The van der Waals surface area contributed by atoms with Crippen molar-refractivity contribution in [2.75, 3.05) is 0 Å². The summed E-state index contributed by atoms with van der Waals surface area (Å²) in [7, 11) is 0. The topological polar surface area (TPSA) is 80.9 Å². The van der Waals surface area contributed by atoms with Gasteiger partial charge in [-0.3, -0.25) is 0 Å². The molecule has 0 aliphatic carbocycles. The minimum Gasteiger partial charge on any atom is -0.508 e. The maximum absolute atomic E-state index is 9.50. The van der Waals surface area contributed by atoms with E-state index in [0.717, 1.165) is 49.7 Å². The zero-order valence-corrected chi connectivity index (χ0v) is 19.3. The lowest BCUT2D eigenvalue weighted by atomic mass is 10.0. The van der Waals surface area contributed by atoms with E-state index in [1.54, 1.807) is 24.3 Å². The Bertz CT molecular complexity index is 773. The molecule has 0 spiro atoms. The van der Waals surface area contributed by atoms with Gasteiger partial charge in [-0.25, -0.2) is 0 Å². The van der Waals surface area contributed by atoms with Crippen LogP contribution < -0.4 is 0 Å². The SMILES string of the molecule is Oc1cc(O)cc(CCCC=CCCCCCCCCCCCc2cc(O)cc(O)c2)c1. The number of hydrogen-bond donors (Lipinski definition) is 4. The first-order chi connectivity index (χ1) is 15.5. The van der Waals surface area contributed by atoms with Crippen LogP contribution in [0.2, 0.25) is 0 Å². The van der Waals surface area contributed by atoms with Gasteiger partial charge in [0.1, 0.15) is 23.0 Å². The van der Waals surface area contributed by atoms with Crippen LogP contribution in [0.1, 0.15) is 88.2 Å². The summed E-state index contributed by atoms with van der Waals surface area (Å²) in [5.74, 6) is 0.537. The third-order valence-corrected chi connectivity index (χ3v) is 5.76. The Hall–Kier alpha value is -2.62. The van der Waals surface area contributed by atoms with Gasteiger partial charge in [0.15, 0.2) is 0 Å². The van der Waals surface area contributed by atoms with E-state index in [-0.39, 0.29) is 23.0 Å². The smallest absolute Gasteiger partial charge is 0.119 e. The highest BCUT2D eigenvalue weighted by atomic mass is 16.3. The molecule has 2 rings (SSSR count). The van der Waals surface area contributed by atoms with Crippen LogP contribution in [0.15, 0.2) is 48.6 Å². The third kappa shape index (κ3) is 11.7. The summed E-state index contributed by atoms with van der Waals surface area (Å²) in [5, 5.41) is 38.0. The van der Waals surface area contributed by atoms with Gasteiger partial charge < -0.3 is 20.4 Å². The quantitative estimate of drug-likeness (QED) is 0.161. The first-order valence-corrected chi connectivity index (χ1v) is 12.2. The number of hydrogen-bond acceptors (Lipinski definition) is 4. The monoisotopic (exact) mass is 440 g/mol. The molecule has 0 unspecified atom stereocenters. The van der Waals surface area contributed by atoms with Gasteiger partial charge in [0.05, 0.1) is 0 Å². The number of allylic oxidation sites excluding steroid dienone is 2. The fourth-order valence-electron chi connectivity index (χ4n) is 4.09. The first-order valence-electron chi connectivity index (χ1n) is 12.2. The number of aryl methyl sites for hydroxylation is 2. The van der Waals surface area contributed by atoms with Crippen LogP contribution in [0.3, 0.4) is 0 Å². The normalized spacial score (nSPS) is 11.4. The van der Waals surface area contributed by atoms with Gasteiger partial charge in [0, 0.05) is 12.1 Å². The van der Waals surface area contributed by atoms with E-state index in [2.05, 4.69) is 12.2 Å². The average Bonchev–Trinajstić information content (AvgIpc) is 2.72. The maximum Gasteiger partial charge on any atom is 0.119 e. The van der Waals surface area contributed by atoms with E-state index in [4.69, 9.17) is 0 Å². The molecule has 0 bridgehead atoms. The molecule has 0 aliphatic rings. The summed E-state index contributed by atoms with van der Waals surface area (Å²) < 4.78 is 0. The summed E-state index contributed by atoms with van der Waals surface area (Å²) in [6, 6.07) is 9.63. The predicted octanol–water partition coefficient (Wildman–Crippen LogP) is 7.53. The molecule has 0 atom stereocenters. The van der Waals surface area contributed by atoms with Crippen LogP contribution >= 0.6 is 0 Å². The largest absolute Gasteiger partial charge is 0.508 e. The van der Waals surface area contributed by atoms with Crippen molar-refractivity contribution in [3.8, 4) is 23.0 Å². The molecule has 0 saturated heterocycles. The highest BCUT2D eigenvalue weighted by molar-refractivity contribution is 5.37. The van der Waals surface area contributed by atoms with Gasteiger partial charge in [-0.1, -0.05) is 57.1 Å². The number of phenols is 4. The van der Waals surface area contributed by atoms with Gasteiger partial charge in [-0.05, 0) is 80.3 Å². The standard InChI is InChI=1S/C28H40O4/c29-25-17-23(18-26(30)21-25)15-13-11-9-7-5-3-1-2-4-6-8-10-12-14-16-24-19-27(31)22-28(32)20-24/h7,9,17-22,29-32H,1-6,8,10-16H2. The van der Waals surface area contributed by atoms with Crippen LogP contribution in [-0.2, 0) is 12.8 Å². The molecule has 0 saturated carbocycles. The summed E-state index contributed by atoms with van der Waals surface area (Å²) in [4.78, 5) is 0. The first kappa shape index (κ1) is 25.6. The van der Waals surface area contributed by atoms with Crippen molar-refractivity contribution in [2.24, 2.45) is 0 Å². The molecular formula is C28H40O4. The van der Waals surface area contributed by atoms with Gasteiger partial charge in [0.25, 0.3) is 0 Å². The fraction of sp³-hybridized carbons (Fsp3) is 0.500. The van der Waals surface area contributed by atoms with Crippen LogP contribution in [0.4, 0.5) is 0 Å². The van der Waals surface area contributed by atoms with Crippen LogP contribution in [-0.4, -0.2) is 20.4 Å². The Balaban J connectivity index is 1.35. The number of rotatable bonds is 16. The molecule has 2 aromatic carbocycles. The summed E-state index contributed by atoms with van der Waals surface area (Å²) in [5.41, 5.74) is 1.99. The average molecular weight is 441 g/mol. The Morgan fingerprint density at radius 3 is 1.22 bits per heavy atom. The van der Waals surface area contributed by atoms with Crippen molar-refractivity contribution in [1.29, 1.82) is 0 Å². The van der Waals surface area contributed by atoms with Crippen molar-refractivity contribution in [3.05, 3.63) is 59.7 Å². The molecule has 0 aliphatic heterocycles. The maximum atomic E-state index is 9.50. The van der Waals surface area contributed by atoms with Crippen molar-refractivity contribution >= 4 is 0 Å². The molecule has 4 N–H and O–H groups in total. The predicted molar refractivity (Wildman–Crippen MR) is 131 cm³/mol. The zero-order valence-electron chi connectivity index (χ0n) is 19.3. The molecular weight excluding hydrogens is 400 g/mol. The number of phenolic OH excluding ortho intramolecular Hbond substituents is 4. The molecule has 0 amide bonds. The lowest BCUT2D eigenvalue weighted by Gasteiger charge is -2.04. The second-order valence-electron chi connectivity index (χ2n) is 8.80. The van der Waals surface area contributed by atoms with Crippen LogP contribution in [0, 0.1) is 0 Å². The Morgan fingerprint density at radius 2 is 0.750 bits per heavy atom. The molecule has 0 fully saturated rings. The van der Waals surface area contributed by atoms with E-state index in [0.29, 0.717) is 0 Å². The Labute approximate surface area is 193 Å². The summed E-state index contributed by atoms with van der Waals surface area (Å²) >= 11 is 0. The molecule has 32 heavy (non-hydrogen) atoms. The summed E-state index contributed by atoms with van der Waals surface area (Å²) in [6.45, 7) is 0. The van der Waals surface area contributed by atoms with Crippen molar-refractivity contribution < 1.29 is 20.4 Å². The molecule has 0 radical (unpaired) electrons. The van der Waals surface area contributed by atoms with Crippen molar-refractivity contribution in [2.45, 2.75) is 89.9 Å². The minimum atomic E-state index is 0.127.